The maximum absolute atomic E-state index is 12.3. The molecule has 1 aliphatic heterocycles. The second kappa shape index (κ2) is 7.16. The van der Waals surface area contributed by atoms with Gasteiger partial charge in [-0.2, -0.15) is 0 Å². The van der Waals surface area contributed by atoms with Crippen LogP contribution in [0, 0.1) is 0 Å². The first-order valence-corrected chi connectivity index (χ1v) is 7.96. The zero-order valence-electron chi connectivity index (χ0n) is 13.2. The van der Waals surface area contributed by atoms with E-state index >= 15 is 0 Å². The van der Waals surface area contributed by atoms with Crippen LogP contribution in [0.1, 0.15) is 35.6 Å². The standard InChI is InChI=1S/C17H19N3O4/c21-15-6-2-4-10-20(15)11-12-7-8-14(24-12)17(23)19-13-5-1-3-9-18-16(13)22/h2,4,6-8,10,13H,1,3,5,9,11H2,(H,18,22)(H,19,23)/t13-/m1/s1. The van der Waals surface area contributed by atoms with E-state index in [9.17, 15) is 14.4 Å². The molecule has 0 saturated carbocycles. The summed E-state index contributed by atoms with van der Waals surface area (Å²) in [5, 5.41) is 5.47. The smallest absolute Gasteiger partial charge is 0.287 e. The number of rotatable bonds is 4. The van der Waals surface area contributed by atoms with Gasteiger partial charge in [0.1, 0.15) is 11.8 Å². The van der Waals surface area contributed by atoms with E-state index in [1.807, 2.05) is 0 Å². The van der Waals surface area contributed by atoms with Crippen LogP contribution in [0.2, 0.25) is 0 Å². The molecule has 7 heteroatoms. The molecule has 0 bridgehead atoms. The lowest BCUT2D eigenvalue weighted by Crippen LogP contribution is -2.45. The molecule has 3 heterocycles. The molecule has 7 nitrogen and oxygen atoms in total. The van der Waals surface area contributed by atoms with Gasteiger partial charge in [-0.25, -0.2) is 0 Å². The van der Waals surface area contributed by atoms with Gasteiger partial charge in [-0.1, -0.05) is 6.07 Å². The number of nitrogens with one attached hydrogen (secondary N) is 2. The summed E-state index contributed by atoms with van der Waals surface area (Å²) in [5.74, 6) is 0.0389. The van der Waals surface area contributed by atoms with Crippen molar-refractivity contribution in [3.05, 3.63) is 58.4 Å². The summed E-state index contributed by atoms with van der Waals surface area (Å²) in [6.45, 7) is 0.888. The monoisotopic (exact) mass is 329 g/mol. The maximum atomic E-state index is 12.3. The van der Waals surface area contributed by atoms with Crippen LogP contribution in [0.3, 0.4) is 0 Å². The van der Waals surface area contributed by atoms with Crippen LogP contribution in [0.5, 0.6) is 0 Å². The first kappa shape index (κ1) is 16.0. The minimum atomic E-state index is -0.537. The van der Waals surface area contributed by atoms with Gasteiger partial charge in [-0.05, 0) is 37.5 Å². The maximum Gasteiger partial charge on any atom is 0.287 e. The number of carbonyl (C=O) groups is 2. The molecule has 2 amide bonds. The minimum Gasteiger partial charge on any atom is -0.454 e. The largest absolute Gasteiger partial charge is 0.454 e. The van der Waals surface area contributed by atoms with Gasteiger partial charge in [0.15, 0.2) is 5.76 Å². The Morgan fingerprint density at radius 3 is 2.96 bits per heavy atom. The highest BCUT2D eigenvalue weighted by atomic mass is 16.4. The van der Waals surface area contributed by atoms with Crippen molar-refractivity contribution in [2.75, 3.05) is 6.54 Å². The molecule has 1 saturated heterocycles. The third kappa shape index (κ3) is 3.73. The van der Waals surface area contributed by atoms with Gasteiger partial charge >= 0.3 is 0 Å². The summed E-state index contributed by atoms with van der Waals surface area (Å²) in [4.78, 5) is 35.8. The zero-order chi connectivity index (χ0) is 16.9. The van der Waals surface area contributed by atoms with Crippen molar-refractivity contribution in [3.8, 4) is 0 Å². The second-order valence-electron chi connectivity index (χ2n) is 5.75. The lowest BCUT2D eigenvalue weighted by molar-refractivity contribution is -0.122. The highest BCUT2D eigenvalue weighted by molar-refractivity contribution is 5.95. The van der Waals surface area contributed by atoms with Crippen molar-refractivity contribution in [2.24, 2.45) is 0 Å². The average molecular weight is 329 g/mol. The Morgan fingerprint density at radius 1 is 1.25 bits per heavy atom. The molecule has 2 aromatic heterocycles. The molecular formula is C17H19N3O4. The van der Waals surface area contributed by atoms with E-state index in [2.05, 4.69) is 10.6 Å². The van der Waals surface area contributed by atoms with Crippen LogP contribution in [-0.2, 0) is 11.3 Å². The molecule has 2 aromatic rings. The summed E-state index contributed by atoms with van der Waals surface area (Å²) in [6, 6.07) is 7.54. The Bertz CT molecular complexity index is 793. The quantitative estimate of drug-likeness (QED) is 0.871. The van der Waals surface area contributed by atoms with E-state index in [1.54, 1.807) is 30.5 Å². The molecule has 0 unspecified atom stereocenters. The van der Waals surface area contributed by atoms with Gasteiger partial charge in [0.05, 0.1) is 6.54 Å². The Morgan fingerprint density at radius 2 is 2.12 bits per heavy atom. The normalized spacial score (nSPS) is 17.8. The topological polar surface area (TPSA) is 93.3 Å². The summed E-state index contributed by atoms with van der Waals surface area (Å²) < 4.78 is 6.99. The lowest BCUT2D eigenvalue weighted by atomic mass is 10.1. The Hall–Kier alpha value is -2.83. The summed E-state index contributed by atoms with van der Waals surface area (Å²) in [7, 11) is 0. The van der Waals surface area contributed by atoms with Crippen molar-refractivity contribution in [1.29, 1.82) is 0 Å². The molecule has 126 valence electrons. The SMILES string of the molecule is O=C(N[C@@H]1CCCCNC1=O)c1ccc(Cn2ccccc2=O)o1. The fraction of sp³-hybridized carbons (Fsp3) is 0.353. The first-order valence-electron chi connectivity index (χ1n) is 7.96. The fourth-order valence-corrected chi connectivity index (χ4v) is 2.65. The van der Waals surface area contributed by atoms with Gasteiger partial charge in [-0.3, -0.25) is 14.4 Å². The fourth-order valence-electron chi connectivity index (χ4n) is 2.65. The first-order chi connectivity index (χ1) is 11.6. The van der Waals surface area contributed by atoms with Crippen LogP contribution < -0.4 is 16.2 Å². The summed E-state index contributed by atoms with van der Waals surface area (Å²) in [5.41, 5.74) is -0.143. The summed E-state index contributed by atoms with van der Waals surface area (Å²) in [6.07, 6.45) is 4.06. The predicted molar refractivity (Wildman–Crippen MR) is 86.6 cm³/mol. The van der Waals surface area contributed by atoms with Gasteiger partial charge in [0.2, 0.25) is 5.91 Å². The van der Waals surface area contributed by atoms with Gasteiger partial charge in [0, 0.05) is 18.8 Å². The van der Waals surface area contributed by atoms with E-state index in [4.69, 9.17) is 4.42 Å². The van der Waals surface area contributed by atoms with Crippen LogP contribution in [0.25, 0.3) is 0 Å². The number of nitrogens with zero attached hydrogens (tertiary/aromatic N) is 1. The number of furan rings is 1. The molecule has 1 fully saturated rings. The van der Waals surface area contributed by atoms with Crippen LogP contribution in [-0.4, -0.2) is 29.0 Å². The molecule has 0 aliphatic carbocycles. The second-order valence-corrected chi connectivity index (χ2v) is 5.75. The van der Waals surface area contributed by atoms with Crippen LogP contribution in [0.15, 0.2) is 45.7 Å². The van der Waals surface area contributed by atoms with E-state index in [-0.39, 0.29) is 23.8 Å². The molecule has 24 heavy (non-hydrogen) atoms. The van der Waals surface area contributed by atoms with Crippen LogP contribution >= 0.6 is 0 Å². The lowest BCUT2D eigenvalue weighted by Gasteiger charge is -2.14. The number of hydrogen-bond donors (Lipinski definition) is 2. The van der Waals surface area contributed by atoms with E-state index in [0.29, 0.717) is 18.7 Å². The number of amides is 2. The molecule has 0 radical (unpaired) electrons. The molecule has 1 aliphatic rings. The van der Waals surface area contributed by atoms with Crippen LogP contribution in [0.4, 0.5) is 0 Å². The van der Waals surface area contributed by atoms with Gasteiger partial charge < -0.3 is 19.6 Å². The van der Waals surface area contributed by atoms with Gasteiger partial charge in [-0.15, -0.1) is 0 Å². The molecule has 0 aromatic carbocycles. The summed E-state index contributed by atoms with van der Waals surface area (Å²) >= 11 is 0. The third-order valence-electron chi connectivity index (χ3n) is 3.95. The Labute approximate surface area is 138 Å². The third-order valence-corrected chi connectivity index (χ3v) is 3.95. The van der Waals surface area contributed by atoms with Crippen molar-refractivity contribution in [1.82, 2.24) is 15.2 Å². The zero-order valence-corrected chi connectivity index (χ0v) is 13.2. The van der Waals surface area contributed by atoms with E-state index in [0.717, 1.165) is 12.8 Å². The molecule has 0 spiro atoms. The van der Waals surface area contributed by atoms with Gasteiger partial charge in [0.25, 0.3) is 11.5 Å². The number of pyridine rings is 1. The number of aromatic nitrogens is 1. The van der Waals surface area contributed by atoms with Crippen molar-refractivity contribution < 1.29 is 14.0 Å². The molecule has 3 rings (SSSR count). The average Bonchev–Trinajstić information content (AvgIpc) is 2.95. The minimum absolute atomic E-state index is 0.131. The van der Waals surface area contributed by atoms with E-state index in [1.165, 1.54) is 10.6 Å². The Balaban J connectivity index is 1.66. The molecule has 2 N–H and O–H groups in total. The highest BCUT2D eigenvalue weighted by Crippen LogP contribution is 2.11. The number of carbonyl (C=O) groups excluding carboxylic acids is 2. The molecular weight excluding hydrogens is 310 g/mol. The number of hydrogen-bond acceptors (Lipinski definition) is 4. The molecule has 1 atom stereocenters. The Kier molecular flexibility index (Phi) is 4.79. The van der Waals surface area contributed by atoms with Crippen molar-refractivity contribution >= 4 is 11.8 Å². The van der Waals surface area contributed by atoms with Crippen molar-refractivity contribution in [2.45, 2.75) is 31.8 Å². The predicted octanol–water partition coefficient (Wildman–Crippen LogP) is 0.888. The van der Waals surface area contributed by atoms with E-state index < -0.39 is 11.9 Å². The highest BCUT2D eigenvalue weighted by Gasteiger charge is 2.24. The van der Waals surface area contributed by atoms with Crippen molar-refractivity contribution in [3.63, 3.8) is 0 Å².